The first-order chi connectivity index (χ1) is 15.4. The second-order valence-corrected chi connectivity index (χ2v) is 8.50. The lowest BCUT2D eigenvalue weighted by Crippen LogP contribution is -2.36. The Morgan fingerprint density at radius 2 is 1.94 bits per heavy atom. The zero-order valence-corrected chi connectivity index (χ0v) is 18.4. The number of anilines is 1. The Balaban J connectivity index is 1.53. The molecule has 0 radical (unpaired) electrons. The molecule has 1 saturated heterocycles. The molecule has 0 spiro atoms. The normalized spacial score (nSPS) is 14.9. The molecule has 1 fully saturated rings. The minimum atomic E-state index is -0.507. The van der Waals surface area contributed by atoms with Crippen molar-refractivity contribution in [1.82, 2.24) is 9.47 Å². The van der Waals surface area contributed by atoms with Crippen molar-refractivity contribution in [1.29, 1.82) is 5.26 Å². The van der Waals surface area contributed by atoms with Crippen LogP contribution in [0.2, 0.25) is 0 Å². The summed E-state index contributed by atoms with van der Waals surface area (Å²) < 4.78 is 1.79. The van der Waals surface area contributed by atoms with Gasteiger partial charge in [0.15, 0.2) is 0 Å². The molecule has 32 heavy (non-hydrogen) atoms. The topological polar surface area (TPSA) is 95.2 Å². The van der Waals surface area contributed by atoms with Gasteiger partial charge in [0.25, 0.3) is 11.1 Å². The predicted octanol–water partition coefficient (Wildman–Crippen LogP) is 4.46. The van der Waals surface area contributed by atoms with Gasteiger partial charge in [-0.1, -0.05) is 24.3 Å². The average molecular weight is 445 g/mol. The van der Waals surface area contributed by atoms with Crippen LogP contribution in [0, 0.1) is 25.2 Å². The SMILES string of the molecule is Cc1ccc(NC(=O)CN2C(=O)S/C(=C\c3cn(CC#N)c4ccccc34)C2=O)cc1C. The van der Waals surface area contributed by atoms with Gasteiger partial charge in [-0.25, -0.2) is 0 Å². The number of amides is 3. The molecule has 0 saturated carbocycles. The number of para-hydroxylation sites is 1. The fourth-order valence-electron chi connectivity index (χ4n) is 3.54. The summed E-state index contributed by atoms with van der Waals surface area (Å²) in [6, 6.07) is 15.2. The standard InChI is InChI=1S/C24H20N4O3S/c1-15-7-8-18(11-16(15)2)26-22(29)14-28-23(30)21(32-24(28)31)12-17-13-27(10-9-25)20-6-4-3-5-19(17)20/h3-8,11-13H,10,14H2,1-2H3,(H,26,29)/b21-12-. The number of imide groups is 1. The van der Waals surface area contributed by atoms with Gasteiger partial charge in [-0.3, -0.25) is 19.3 Å². The molecule has 160 valence electrons. The van der Waals surface area contributed by atoms with E-state index in [4.69, 9.17) is 5.26 Å². The Morgan fingerprint density at radius 3 is 2.69 bits per heavy atom. The lowest BCUT2D eigenvalue weighted by molar-refractivity contribution is -0.127. The van der Waals surface area contributed by atoms with E-state index >= 15 is 0 Å². The third-order valence-electron chi connectivity index (χ3n) is 5.31. The number of nitrogens with zero attached hydrogens (tertiary/aromatic N) is 3. The van der Waals surface area contributed by atoms with E-state index in [1.165, 1.54) is 0 Å². The number of nitrogens with one attached hydrogen (secondary N) is 1. The molecule has 0 bridgehead atoms. The van der Waals surface area contributed by atoms with Crippen molar-refractivity contribution in [2.75, 3.05) is 11.9 Å². The van der Waals surface area contributed by atoms with Crippen molar-refractivity contribution in [3.63, 3.8) is 0 Å². The minimum absolute atomic E-state index is 0.175. The van der Waals surface area contributed by atoms with Gasteiger partial charge >= 0.3 is 0 Å². The summed E-state index contributed by atoms with van der Waals surface area (Å²) >= 11 is 0.805. The van der Waals surface area contributed by atoms with Crippen molar-refractivity contribution in [2.24, 2.45) is 0 Å². The number of benzene rings is 2. The Labute approximate surface area is 189 Å². The molecule has 1 aliphatic heterocycles. The molecule has 3 amide bonds. The van der Waals surface area contributed by atoms with Gasteiger partial charge in [-0.05, 0) is 61.0 Å². The lowest BCUT2D eigenvalue weighted by atomic mass is 10.1. The van der Waals surface area contributed by atoms with E-state index in [2.05, 4.69) is 11.4 Å². The van der Waals surface area contributed by atoms with Crippen LogP contribution < -0.4 is 5.32 Å². The van der Waals surface area contributed by atoms with Gasteiger partial charge in [0.1, 0.15) is 13.1 Å². The molecule has 2 heterocycles. The molecule has 1 aromatic heterocycles. The lowest BCUT2D eigenvalue weighted by Gasteiger charge is -2.13. The summed E-state index contributed by atoms with van der Waals surface area (Å²) in [5, 5.41) is 12.2. The fraction of sp³-hybridized carbons (Fsp3) is 0.167. The average Bonchev–Trinajstić information content (AvgIpc) is 3.23. The zero-order chi connectivity index (χ0) is 22.8. The largest absolute Gasteiger partial charge is 0.333 e. The van der Waals surface area contributed by atoms with Gasteiger partial charge in [-0.2, -0.15) is 5.26 Å². The van der Waals surface area contributed by atoms with Crippen LogP contribution in [0.1, 0.15) is 16.7 Å². The van der Waals surface area contributed by atoms with Gasteiger partial charge in [0.2, 0.25) is 5.91 Å². The summed E-state index contributed by atoms with van der Waals surface area (Å²) in [4.78, 5) is 38.9. The van der Waals surface area contributed by atoms with Crippen molar-refractivity contribution in [3.05, 3.63) is 70.3 Å². The minimum Gasteiger partial charge on any atom is -0.333 e. The Morgan fingerprint density at radius 1 is 1.16 bits per heavy atom. The molecule has 0 aliphatic carbocycles. The van der Waals surface area contributed by atoms with Crippen LogP contribution in [0.3, 0.4) is 0 Å². The van der Waals surface area contributed by atoms with E-state index in [0.717, 1.165) is 44.3 Å². The molecule has 1 aliphatic rings. The highest BCUT2D eigenvalue weighted by molar-refractivity contribution is 8.18. The van der Waals surface area contributed by atoms with Gasteiger partial charge in [-0.15, -0.1) is 0 Å². The number of hydrogen-bond donors (Lipinski definition) is 1. The first-order valence-corrected chi connectivity index (χ1v) is 10.8. The molecule has 7 nitrogen and oxygen atoms in total. The van der Waals surface area contributed by atoms with Crippen LogP contribution in [0.4, 0.5) is 10.5 Å². The summed E-state index contributed by atoms with van der Waals surface area (Å²) in [5.74, 6) is -0.949. The van der Waals surface area contributed by atoms with E-state index in [-0.39, 0.29) is 18.0 Å². The zero-order valence-electron chi connectivity index (χ0n) is 17.6. The van der Waals surface area contributed by atoms with Crippen LogP contribution in [0.15, 0.2) is 53.6 Å². The van der Waals surface area contributed by atoms with Gasteiger partial charge < -0.3 is 9.88 Å². The van der Waals surface area contributed by atoms with Crippen molar-refractivity contribution >= 4 is 51.5 Å². The van der Waals surface area contributed by atoms with Gasteiger partial charge in [0.05, 0.1) is 11.0 Å². The first kappa shape index (κ1) is 21.4. The maximum Gasteiger partial charge on any atom is 0.294 e. The smallest absolute Gasteiger partial charge is 0.294 e. The highest BCUT2D eigenvalue weighted by Crippen LogP contribution is 2.34. The number of thioether (sulfide) groups is 1. The van der Waals surface area contributed by atoms with Crippen LogP contribution in [-0.2, 0) is 16.1 Å². The quantitative estimate of drug-likeness (QED) is 0.587. The number of aryl methyl sites for hydroxylation is 2. The summed E-state index contributed by atoms with van der Waals surface area (Å²) in [5.41, 5.74) is 4.36. The number of hydrogen-bond acceptors (Lipinski definition) is 5. The highest BCUT2D eigenvalue weighted by atomic mass is 32.2. The van der Waals surface area contributed by atoms with Crippen molar-refractivity contribution < 1.29 is 14.4 Å². The molecule has 1 N–H and O–H groups in total. The van der Waals surface area contributed by atoms with Crippen LogP contribution in [-0.4, -0.2) is 33.1 Å². The third kappa shape index (κ3) is 4.15. The number of carbonyl (C=O) groups excluding carboxylic acids is 3. The van der Waals surface area contributed by atoms with Crippen LogP contribution in [0.5, 0.6) is 0 Å². The number of rotatable bonds is 5. The van der Waals surface area contributed by atoms with Crippen molar-refractivity contribution in [2.45, 2.75) is 20.4 Å². The maximum absolute atomic E-state index is 12.9. The summed E-state index contributed by atoms with van der Waals surface area (Å²) in [6.07, 6.45) is 3.43. The molecule has 3 aromatic rings. The first-order valence-electron chi connectivity index (χ1n) is 9.94. The molecular formula is C24H20N4O3S. The number of carbonyl (C=O) groups is 3. The highest BCUT2D eigenvalue weighted by Gasteiger charge is 2.36. The predicted molar refractivity (Wildman–Crippen MR) is 125 cm³/mol. The summed E-state index contributed by atoms with van der Waals surface area (Å²) in [6.45, 7) is 3.74. The maximum atomic E-state index is 12.9. The molecule has 0 unspecified atom stereocenters. The number of nitriles is 1. The van der Waals surface area contributed by atoms with Crippen LogP contribution >= 0.6 is 11.8 Å². The van der Waals surface area contributed by atoms with Gasteiger partial charge in [0, 0.05) is 28.4 Å². The Bertz CT molecular complexity index is 1330. The molecule has 8 heteroatoms. The monoisotopic (exact) mass is 444 g/mol. The molecule has 0 atom stereocenters. The van der Waals surface area contributed by atoms with Crippen molar-refractivity contribution in [3.8, 4) is 6.07 Å². The van der Waals surface area contributed by atoms with E-state index in [1.54, 1.807) is 22.9 Å². The third-order valence-corrected chi connectivity index (χ3v) is 6.22. The molecular weight excluding hydrogens is 424 g/mol. The number of aromatic nitrogens is 1. The summed E-state index contributed by atoms with van der Waals surface area (Å²) in [7, 11) is 0. The van der Waals surface area contributed by atoms with E-state index in [0.29, 0.717) is 5.69 Å². The van der Waals surface area contributed by atoms with Crippen LogP contribution in [0.25, 0.3) is 17.0 Å². The fourth-order valence-corrected chi connectivity index (χ4v) is 4.37. The van der Waals surface area contributed by atoms with E-state index in [1.807, 2.05) is 50.2 Å². The second kappa shape index (κ2) is 8.73. The van der Waals surface area contributed by atoms with E-state index < -0.39 is 17.1 Å². The van der Waals surface area contributed by atoms with E-state index in [9.17, 15) is 14.4 Å². The molecule has 2 aromatic carbocycles. The molecule has 4 rings (SSSR count). The Hall–Kier alpha value is -3.83. The number of fused-ring (bicyclic) bond motifs is 1. The Kier molecular flexibility index (Phi) is 5.84. The second-order valence-electron chi connectivity index (χ2n) is 7.50.